The van der Waals surface area contributed by atoms with Crippen LogP contribution in [0.15, 0.2) is 36.1 Å². The maximum absolute atomic E-state index is 10.0. The van der Waals surface area contributed by atoms with Crippen LogP contribution in [0.2, 0.25) is 0 Å². The van der Waals surface area contributed by atoms with Crippen molar-refractivity contribution in [3.63, 3.8) is 0 Å². The van der Waals surface area contributed by atoms with Gasteiger partial charge in [-0.1, -0.05) is 102 Å². The van der Waals surface area contributed by atoms with Gasteiger partial charge in [0, 0.05) is 44.2 Å². The molecule has 2 aliphatic rings. The molecular formula is C41H52DyN4O2-2. The van der Waals surface area contributed by atoms with Crippen LogP contribution >= 0.6 is 0 Å². The standard InChI is InChI=1S/C36H44N4.C5H8O2.Dy/c1-9-21-22(10-2)30-18-32-25(13-5)26(14-6)34(39-32)20-36-28(16-8)27(15-7)35(40-36)19-33-24(12-4)23(11-3)31(38-33)17-29(21)37-30;1-4(6)3-5(2)7;/h17-20H,9-16H2,1-8H3;3,6H,1-2H3;/q-2;;/b;4-3-;. The van der Waals surface area contributed by atoms with Crippen LogP contribution in [0.3, 0.4) is 0 Å². The largest absolute Gasteiger partial charge is 0.657 e. The molecule has 8 bridgehead atoms. The van der Waals surface area contributed by atoms with Crippen molar-refractivity contribution in [1.29, 1.82) is 0 Å². The van der Waals surface area contributed by atoms with Crippen LogP contribution in [0.1, 0.15) is 140 Å². The number of nitrogens with zero attached hydrogens (tertiary/aromatic N) is 4. The monoisotopic (exact) mass is 796 g/mol. The van der Waals surface area contributed by atoms with Gasteiger partial charge >= 0.3 is 0 Å². The van der Waals surface area contributed by atoms with Gasteiger partial charge in [-0.2, -0.15) is 0 Å². The van der Waals surface area contributed by atoms with E-state index in [-0.39, 0.29) is 49.7 Å². The number of hydrogen-bond donors (Lipinski definition) is 1. The molecule has 3 aromatic heterocycles. The van der Waals surface area contributed by atoms with Crippen LogP contribution in [0.4, 0.5) is 0 Å². The first-order chi connectivity index (χ1) is 22.6. The molecule has 0 saturated carbocycles. The second-order valence-electron chi connectivity index (χ2n) is 12.2. The summed E-state index contributed by atoms with van der Waals surface area (Å²) in [6.45, 7) is 20.8. The van der Waals surface area contributed by atoms with Crippen molar-refractivity contribution < 1.29 is 48.1 Å². The first kappa shape index (κ1) is 39.5. The van der Waals surface area contributed by atoms with Crippen molar-refractivity contribution in [1.82, 2.24) is 19.9 Å². The molecule has 7 heteroatoms. The molecule has 5 rings (SSSR count). The van der Waals surface area contributed by atoms with Gasteiger partial charge in [0.25, 0.3) is 0 Å². The fraction of sp³-hybridized carbons (Fsp3) is 0.439. The van der Waals surface area contributed by atoms with E-state index in [1.807, 2.05) is 0 Å². The zero-order valence-electron chi connectivity index (χ0n) is 30.5. The summed E-state index contributed by atoms with van der Waals surface area (Å²) in [6, 6.07) is 8.98. The second-order valence-corrected chi connectivity index (χ2v) is 12.2. The molecule has 48 heavy (non-hydrogen) atoms. The van der Waals surface area contributed by atoms with Crippen LogP contribution < -0.4 is 9.97 Å². The molecule has 6 nitrogen and oxygen atoms in total. The second kappa shape index (κ2) is 17.7. The van der Waals surface area contributed by atoms with Gasteiger partial charge in [0.1, 0.15) is 0 Å². The van der Waals surface area contributed by atoms with Crippen LogP contribution in [0, 0.1) is 38.2 Å². The summed E-state index contributed by atoms with van der Waals surface area (Å²) in [6.07, 6.45) is 8.77. The number of allylic oxidation sites excluding steroid dienone is 6. The summed E-state index contributed by atoms with van der Waals surface area (Å²) in [5.41, 5.74) is 19.1. The smallest absolute Gasteiger partial charge is 0.155 e. The zero-order valence-corrected chi connectivity index (χ0v) is 32.5. The molecule has 0 unspecified atom stereocenters. The molecule has 0 fully saturated rings. The van der Waals surface area contributed by atoms with Gasteiger partial charge in [0.15, 0.2) is 5.78 Å². The Bertz CT molecular complexity index is 1680. The number of aliphatic hydroxyl groups excluding tert-OH is 1. The first-order valence-electron chi connectivity index (χ1n) is 17.6. The van der Waals surface area contributed by atoms with E-state index >= 15 is 0 Å². The van der Waals surface area contributed by atoms with E-state index in [1.165, 1.54) is 64.5 Å². The van der Waals surface area contributed by atoms with E-state index in [0.717, 1.165) is 96.2 Å². The van der Waals surface area contributed by atoms with Crippen molar-refractivity contribution in [2.24, 2.45) is 0 Å². The maximum atomic E-state index is 10.0. The molecule has 3 aromatic rings. The van der Waals surface area contributed by atoms with Crippen molar-refractivity contribution in [2.45, 2.75) is 121 Å². The minimum atomic E-state index is -0.125. The number of rotatable bonds is 9. The number of ketones is 1. The fourth-order valence-corrected chi connectivity index (χ4v) is 7.22. The molecule has 2 aliphatic heterocycles. The molecule has 5 heterocycles. The molecule has 0 aliphatic carbocycles. The van der Waals surface area contributed by atoms with Gasteiger partial charge in [0.2, 0.25) is 0 Å². The molecule has 0 atom stereocenters. The third kappa shape index (κ3) is 8.10. The van der Waals surface area contributed by atoms with Gasteiger partial charge < -0.3 is 15.1 Å². The first-order valence-corrected chi connectivity index (χ1v) is 17.6. The molecular weight excluding hydrogens is 743 g/mol. The Hall–Kier alpha value is -2.92. The fourth-order valence-electron chi connectivity index (χ4n) is 7.22. The van der Waals surface area contributed by atoms with Gasteiger partial charge in [0.05, 0.1) is 28.5 Å². The normalized spacial score (nSPS) is 13.0. The molecule has 1 N–H and O–H groups in total. The maximum Gasteiger partial charge on any atom is 0.155 e. The van der Waals surface area contributed by atoms with Crippen molar-refractivity contribution in [3.05, 3.63) is 81.1 Å². The third-order valence-corrected chi connectivity index (χ3v) is 9.23. The minimum absolute atomic E-state index is 0. The zero-order chi connectivity index (χ0) is 34.4. The predicted octanol–water partition coefficient (Wildman–Crippen LogP) is 10.3. The van der Waals surface area contributed by atoms with Gasteiger partial charge in [-0.05, 0) is 87.5 Å². The average molecular weight is 795 g/mol. The molecule has 260 valence electrons. The Kier molecular flexibility index (Phi) is 14.5. The molecule has 0 amide bonds. The average Bonchev–Trinajstić information content (AvgIpc) is 3.75. The number of carbonyl (C=O) groups excluding carboxylic acids is 1. The number of hydrogen-bond acceptors (Lipinski definition) is 4. The number of aryl methyl sites for hydroxylation is 4. The predicted molar refractivity (Wildman–Crippen MR) is 198 cm³/mol. The van der Waals surface area contributed by atoms with Crippen LogP contribution in [-0.2, 0) is 30.5 Å². The van der Waals surface area contributed by atoms with E-state index in [1.54, 1.807) is 0 Å². The number of aromatic nitrogens is 4. The third-order valence-electron chi connectivity index (χ3n) is 9.23. The van der Waals surface area contributed by atoms with Crippen LogP contribution in [0.5, 0.6) is 0 Å². The Labute approximate surface area is 317 Å². The number of aliphatic hydroxyl groups is 1. The van der Waals surface area contributed by atoms with E-state index < -0.39 is 0 Å². The topological polar surface area (TPSA) is 91.3 Å². The van der Waals surface area contributed by atoms with Crippen LogP contribution in [0.25, 0.3) is 44.4 Å². The van der Waals surface area contributed by atoms with Crippen LogP contribution in [-0.4, -0.2) is 20.9 Å². The summed E-state index contributed by atoms with van der Waals surface area (Å²) in [5.74, 6) is -0.0625. The van der Waals surface area contributed by atoms with Gasteiger partial charge in [-0.15, -0.1) is 22.1 Å². The van der Waals surface area contributed by atoms with E-state index in [4.69, 9.17) is 25.0 Å². The van der Waals surface area contributed by atoms with Crippen molar-refractivity contribution in [3.8, 4) is 0 Å². The molecule has 0 radical (unpaired) electrons. The van der Waals surface area contributed by atoms with E-state index in [2.05, 4.69) is 79.7 Å². The SMILES string of the molecule is CC(=O)/C=C(/C)O.CCC1=C(CC)c2cc3[n-]c(cc4nc(cc5[n-]c(cc1n2)c(CC)c5CC)C(CC)=C4CC)c(CC)c3CC.[Dy]. The molecule has 0 aromatic carbocycles. The summed E-state index contributed by atoms with van der Waals surface area (Å²) in [7, 11) is 0. The summed E-state index contributed by atoms with van der Waals surface area (Å²) >= 11 is 0. The Morgan fingerprint density at radius 1 is 0.542 bits per heavy atom. The minimum Gasteiger partial charge on any atom is -0.657 e. The van der Waals surface area contributed by atoms with E-state index in [9.17, 15) is 4.79 Å². The Morgan fingerprint density at radius 2 is 0.792 bits per heavy atom. The van der Waals surface area contributed by atoms with Gasteiger partial charge in [-0.3, -0.25) is 4.79 Å². The summed E-state index contributed by atoms with van der Waals surface area (Å²) < 4.78 is 0. The molecule has 0 saturated heterocycles. The number of fused-ring (bicyclic) bond motifs is 8. The van der Waals surface area contributed by atoms with Crippen molar-refractivity contribution in [2.75, 3.05) is 0 Å². The molecule has 0 spiro atoms. The van der Waals surface area contributed by atoms with E-state index in [0.29, 0.717) is 0 Å². The Morgan fingerprint density at radius 3 is 0.938 bits per heavy atom. The summed E-state index contributed by atoms with van der Waals surface area (Å²) in [5, 5.41) is 8.36. The van der Waals surface area contributed by atoms with Gasteiger partial charge in [-0.25, -0.2) is 9.97 Å². The van der Waals surface area contributed by atoms with Crippen molar-refractivity contribution >= 4 is 50.1 Å². The number of carbonyl (C=O) groups is 1. The summed E-state index contributed by atoms with van der Waals surface area (Å²) in [4.78, 5) is 31.0. The Balaban J connectivity index is 0.000000706. The quantitative estimate of drug-likeness (QED) is 0.171.